The van der Waals surface area contributed by atoms with E-state index in [9.17, 15) is 9.59 Å². The second kappa shape index (κ2) is 6.42. The van der Waals surface area contributed by atoms with E-state index in [1.165, 1.54) is 0 Å². The molecule has 7 heteroatoms. The number of hydrogen-bond donors (Lipinski definition) is 1. The number of ether oxygens (including phenoxy) is 2. The number of hydrogen-bond acceptors (Lipinski definition) is 5. The molecular formula is C20H18N2O4S. The highest BCUT2D eigenvalue weighted by atomic mass is 32.1. The summed E-state index contributed by atoms with van der Waals surface area (Å²) in [4.78, 5) is 30.8. The summed E-state index contributed by atoms with van der Waals surface area (Å²) in [6.07, 6.45) is 1.61. The lowest BCUT2D eigenvalue weighted by atomic mass is 9.89. The Kier molecular flexibility index (Phi) is 3.89. The number of Topliss-reactive ketones (excluding diaryl/α,β-unsaturated/α-hetero) is 1. The van der Waals surface area contributed by atoms with Crippen molar-refractivity contribution in [1.29, 1.82) is 0 Å². The van der Waals surface area contributed by atoms with Gasteiger partial charge in [-0.2, -0.15) is 0 Å². The highest BCUT2D eigenvalue weighted by Gasteiger charge is 2.31. The molecule has 4 heterocycles. The minimum Gasteiger partial charge on any atom is -0.454 e. The normalized spacial score (nSPS) is 18.8. The van der Waals surface area contributed by atoms with Crippen LogP contribution in [0.2, 0.25) is 0 Å². The van der Waals surface area contributed by atoms with Crippen LogP contribution in [0.5, 0.6) is 11.5 Å². The third-order valence-electron chi connectivity index (χ3n) is 5.21. The van der Waals surface area contributed by atoms with Crippen LogP contribution in [0.1, 0.15) is 33.7 Å². The van der Waals surface area contributed by atoms with Gasteiger partial charge in [-0.1, -0.05) is 0 Å². The Bertz CT molecular complexity index is 1010. The number of likely N-dealkylation sites (tertiary alicyclic amines) is 1. The molecule has 0 radical (unpaired) electrons. The lowest BCUT2D eigenvalue weighted by Gasteiger charge is -2.31. The first-order valence-electron chi connectivity index (χ1n) is 8.98. The molecule has 2 aliphatic heterocycles. The van der Waals surface area contributed by atoms with E-state index in [0.717, 1.165) is 23.1 Å². The molecule has 3 aromatic rings. The maximum Gasteiger partial charge on any atom is 0.270 e. The number of amides is 1. The van der Waals surface area contributed by atoms with Crippen LogP contribution >= 0.6 is 11.3 Å². The number of thiophene rings is 1. The maximum absolute atomic E-state index is 13.0. The fraction of sp³-hybridized carbons (Fsp3) is 0.300. The standard InChI is InChI=1S/C20H18N2O4S/c23-19(12-3-4-16-17(8-12)26-11-25-16)13-2-1-6-22(10-13)20(24)15-9-18-14(21-15)5-7-27-18/h3-5,7-9,13,21H,1-2,6,10-11H2/t13-/m0/s1. The van der Waals surface area contributed by atoms with Crippen LogP contribution in [0.25, 0.3) is 10.2 Å². The third kappa shape index (κ3) is 2.88. The number of rotatable bonds is 3. The summed E-state index contributed by atoms with van der Waals surface area (Å²) in [5, 5.41) is 2.00. The molecule has 0 spiro atoms. The van der Waals surface area contributed by atoms with Gasteiger partial charge in [0.15, 0.2) is 17.3 Å². The summed E-state index contributed by atoms with van der Waals surface area (Å²) in [6, 6.07) is 9.15. The molecule has 1 N–H and O–H groups in total. The predicted molar refractivity (Wildman–Crippen MR) is 102 cm³/mol. The summed E-state index contributed by atoms with van der Waals surface area (Å²) < 4.78 is 11.8. The molecule has 5 rings (SSSR count). The topological polar surface area (TPSA) is 71.6 Å². The molecule has 0 aliphatic carbocycles. The summed E-state index contributed by atoms with van der Waals surface area (Å²) in [7, 11) is 0. The van der Waals surface area contributed by atoms with Crippen molar-refractivity contribution in [2.24, 2.45) is 5.92 Å². The maximum atomic E-state index is 13.0. The third-order valence-corrected chi connectivity index (χ3v) is 6.07. The van der Waals surface area contributed by atoms with Crippen LogP contribution in [-0.4, -0.2) is 41.5 Å². The van der Waals surface area contributed by atoms with Crippen molar-refractivity contribution in [3.8, 4) is 11.5 Å². The van der Waals surface area contributed by atoms with E-state index < -0.39 is 0 Å². The van der Waals surface area contributed by atoms with E-state index in [-0.39, 0.29) is 24.4 Å². The van der Waals surface area contributed by atoms with E-state index in [2.05, 4.69) is 4.98 Å². The van der Waals surface area contributed by atoms with Gasteiger partial charge in [0.1, 0.15) is 5.69 Å². The summed E-state index contributed by atoms with van der Waals surface area (Å²) in [5.41, 5.74) is 2.18. The van der Waals surface area contributed by atoms with Crippen LogP contribution in [-0.2, 0) is 0 Å². The van der Waals surface area contributed by atoms with Crippen molar-refractivity contribution in [3.05, 3.63) is 47.0 Å². The van der Waals surface area contributed by atoms with Crippen LogP contribution < -0.4 is 9.47 Å². The molecule has 2 aromatic heterocycles. The Morgan fingerprint density at radius 3 is 2.93 bits per heavy atom. The van der Waals surface area contributed by atoms with Crippen molar-refractivity contribution in [2.45, 2.75) is 12.8 Å². The molecule has 2 aliphatic rings. The van der Waals surface area contributed by atoms with Crippen molar-refractivity contribution in [3.63, 3.8) is 0 Å². The number of benzene rings is 1. The van der Waals surface area contributed by atoms with Crippen LogP contribution in [0.4, 0.5) is 0 Å². The fourth-order valence-electron chi connectivity index (χ4n) is 3.79. The van der Waals surface area contributed by atoms with Gasteiger partial charge in [0.05, 0.1) is 10.2 Å². The Morgan fingerprint density at radius 2 is 2.04 bits per heavy atom. The quantitative estimate of drug-likeness (QED) is 0.701. The first-order chi connectivity index (χ1) is 13.2. The minimum absolute atomic E-state index is 0.0402. The molecule has 0 bridgehead atoms. The first-order valence-corrected chi connectivity index (χ1v) is 9.86. The molecule has 138 valence electrons. The zero-order chi connectivity index (χ0) is 18.4. The molecule has 1 amide bonds. The number of aromatic amines is 1. The lowest BCUT2D eigenvalue weighted by molar-refractivity contribution is 0.0632. The number of piperidine rings is 1. The molecule has 1 aromatic carbocycles. The summed E-state index contributed by atoms with van der Waals surface area (Å²) in [5.74, 6) is 1.09. The Morgan fingerprint density at radius 1 is 1.15 bits per heavy atom. The predicted octanol–water partition coefficient (Wildman–Crippen LogP) is 3.69. The largest absolute Gasteiger partial charge is 0.454 e. The Balaban J connectivity index is 1.33. The van der Waals surface area contributed by atoms with Gasteiger partial charge in [0.2, 0.25) is 6.79 Å². The second-order valence-electron chi connectivity index (χ2n) is 6.90. The molecule has 1 atom stereocenters. The zero-order valence-electron chi connectivity index (χ0n) is 14.6. The van der Waals surface area contributed by atoms with Gasteiger partial charge in [-0.3, -0.25) is 9.59 Å². The van der Waals surface area contributed by atoms with E-state index in [0.29, 0.717) is 35.8 Å². The van der Waals surface area contributed by atoms with E-state index in [1.54, 1.807) is 34.4 Å². The van der Waals surface area contributed by atoms with Gasteiger partial charge in [-0.05, 0) is 48.6 Å². The van der Waals surface area contributed by atoms with Crippen LogP contribution in [0.3, 0.4) is 0 Å². The second-order valence-corrected chi connectivity index (χ2v) is 7.85. The van der Waals surface area contributed by atoms with Crippen LogP contribution in [0.15, 0.2) is 35.7 Å². The van der Waals surface area contributed by atoms with E-state index in [4.69, 9.17) is 9.47 Å². The van der Waals surface area contributed by atoms with Gasteiger partial charge in [0.25, 0.3) is 5.91 Å². The molecule has 1 fully saturated rings. The highest BCUT2D eigenvalue weighted by Crippen LogP contribution is 2.34. The molecule has 1 saturated heterocycles. The molecule has 0 unspecified atom stereocenters. The zero-order valence-corrected chi connectivity index (χ0v) is 15.4. The number of carbonyl (C=O) groups is 2. The van der Waals surface area contributed by atoms with Crippen molar-refractivity contribution in [2.75, 3.05) is 19.9 Å². The number of H-pyrrole nitrogens is 1. The average Bonchev–Trinajstić information content (AvgIpc) is 3.41. The number of nitrogens with one attached hydrogen (secondary N) is 1. The fourth-order valence-corrected chi connectivity index (χ4v) is 4.58. The molecule has 0 saturated carbocycles. The molecule has 6 nitrogen and oxygen atoms in total. The number of ketones is 1. The number of aromatic nitrogens is 1. The SMILES string of the molecule is O=C(c1ccc2c(c1)OCO2)[C@H]1CCCN(C(=O)c2cc3sccc3[nH]2)C1. The monoisotopic (exact) mass is 382 g/mol. The molecule has 27 heavy (non-hydrogen) atoms. The Hall–Kier alpha value is -2.80. The molecular weight excluding hydrogens is 364 g/mol. The lowest BCUT2D eigenvalue weighted by Crippen LogP contribution is -2.42. The van der Waals surface area contributed by atoms with E-state index >= 15 is 0 Å². The minimum atomic E-state index is -0.195. The van der Waals surface area contributed by atoms with Gasteiger partial charge in [-0.15, -0.1) is 11.3 Å². The van der Waals surface area contributed by atoms with Gasteiger partial charge < -0.3 is 19.4 Å². The van der Waals surface area contributed by atoms with Crippen molar-refractivity contribution in [1.82, 2.24) is 9.88 Å². The summed E-state index contributed by atoms with van der Waals surface area (Å²) in [6.45, 7) is 1.31. The van der Waals surface area contributed by atoms with Crippen molar-refractivity contribution < 1.29 is 19.1 Å². The first kappa shape index (κ1) is 16.4. The van der Waals surface area contributed by atoms with Crippen molar-refractivity contribution >= 4 is 33.2 Å². The number of nitrogens with zero attached hydrogens (tertiary/aromatic N) is 1. The van der Waals surface area contributed by atoms with Crippen LogP contribution in [0, 0.1) is 5.92 Å². The summed E-state index contributed by atoms with van der Waals surface area (Å²) >= 11 is 1.61. The van der Waals surface area contributed by atoms with Gasteiger partial charge >= 0.3 is 0 Å². The average molecular weight is 382 g/mol. The smallest absolute Gasteiger partial charge is 0.270 e. The number of fused-ring (bicyclic) bond motifs is 2. The van der Waals surface area contributed by atoms with Gasteiger partial charge in [0, 0.05) is 24.6 Å². The number of carbonyl (C=O) groups excluding carboxylic acids is 2. The van der Waals surface area contributed by atoms with Gasteiger partial charge in [-0.25, -0.2) is 0 Å². The van der Waals surface area contributed by atoms with E-state index in [1.807, 2.05) is 17.5 Å². The highest BCUT2D eigenvalue weighted by molar-refractivity contribution is 7.17. The Labute approximate surface area is 159 Å².